The number of aliphatic hydroxyl groups is 1. The first kappa shape index (κ1) is 18.1. The second-order valence-electron chi connectivity index (χ2n) is 7.12. The average molecular weight is 393 g/mol. The first-order chi connectivity index (χ1) is 14.7. The van der Waals surface area contributed by atoms with Crippen LogP contribution in [0, 0.1) is 6.92 Å². The molecule has 5 aromatic rings. The van der Waals surface area contributed by atoms with Gasteiger partial charge in [-0.1, -0.05) is 30.3 Å². The molecule has 146 valence electrons. The molecule has 6 heteroatoms. The Morgan fingerprint density at radius 2 is 1.70 bits per heavy atom. The number of hydrogen-bond donors (Lipinski definition) is 2. The molecule has 0 aliphatic heterocycles. The Labute approximate surface area is 173 Å². The van der Waals surface area contributed by atoms with Gasteiger partial charge in [0.25, 0.3) is 0 Å². The predicted molar refractivity (Wildman–Crippen MR) is 116 cm³/mol. The van der Waals surface area contributed by atoms with Gasteiger partial charge in [-0.2, -0.15) is 0 Å². The molecule has 0 amide bonds. The highest BCUT2D eigenvalue weighted by molar-refractivity contribution is 5.92. The summed E-state index contributed by atoms with van der Waals surface area (Å²) in [7, 11) is 0. The van der Waals surface area contributed by atoms with E-state index in [1.54, 1.807) is 0 Å². The summed E-state index contributed by atoms with van der Waals surface area (Å²) in [6, 6.07) is 17.7. The number of H-pyrrole nitrogens is 1. The van der Waals surface area contributed by atoms with Crippen LogP contribution in [0.4, 0.5) is 0 Å². The monoisotopic (exact) mass is 393 g/mol. The van der Waals surface area contributed by atoms with Crippen molar-refractivity contribution in [1.29, 1.82) is 0 Å². The number of benzene rings is 1. The van der Waals surface area contributed by atoms with Gasteiger partial charge in [0.2, 0.25) is 0 Å². The highest BCUT2D eigenvalue weighted by Gasteiger charge is 2.14. The molecule has 0 radical (unpaired) electrons. The molecule has 30 heavy (non-hydrogen) atoms. The van der Waals surface area contributed by atoms with Crippen molar-refractivity contribution in [2.75, 3.05) is 0 Å². The molecule has 0 unspecified atom stereocenters. The molecule has 0 aliphatic carbocycles. The van der Waals surface area contributed by atoms with Gasteiger partial charge in [0.05, 0.1) is 12.3 Å². The van der Waals surface area contributed by atoms with E-state index in [9.17, 15) is 5.11 Å². The van der Waals surface area contributed by atoms with Crippen molar-refractivity contribution >= 4 is 11.0 Å². The van der Waals surface area contributed by atoms with Gasteiger partial charge < -0.3 is 10.1 Å². The van der Waals surface area contributed by atoms with E-state index in [1.807, 2.05) is 74.0 Å². The number of rotatable bonds is 4. The van der Waals surface area contributed by atoms with Gasteiger partial charge in [0.15, 0.2) is 5.82 Å². The number of nitrogens with one attached hydrogen (secondary N) is 1. The fraction of sp³-hybridized carbons (Fsp3) is 0.0833. The SMILES string of the molecule is Cc1cccc(-c2nc(-c3cncc(-c4ccc(CO)cc4)c3)c3cc[nH]c3n2)n1. The maximum atomic E-state index is 9.27. The Bertz CT molecular complexity index is 1340. The standard InChI is InChI=1S/C24H19N5O/c1-15-3-2-4-21(27-15)24-28-22(20-9-10-26-23(20)29-24)19-11-18(12-25-13-19)17-7-5-16(14-30)6-8-17/h2-13,30H,14H2,1H3,(H,26,28,29). The van der Waals surface area contributed by atoms with Crippen molar-refractivity contribution in [3.8, 4) is 33.9 Å². The van der Waals surface area contributed by atoms with Gasteiger partial charge in [0, 0.05) is 40.8 Å². The maximum Gasteiger partial charge on any atom is 0.180 e. The van der Waals surface area contributed by atoms with E-state index in [4.69, 9.17) is 4.98 Å². The molecule has 0 aliphatic rings. The van der Waals surface area contributed by atoms with E-state index in [1.165, 1.54) is 0 Å². The van der Waals surface area contributed by atoms with Crippen LogP contribution in [0.3, 0.4) is 0 Å². The van der Waals surface area contributed by atoms with E-state index in [0.717, 1.165) is 50.4 Å². The van der Waals surface area contributed by atoms with E-state index in [0.29, 0.717) is 5.82 Å². The zero-order valence-electron chi connectivity index (χ0n) is 16.4. The van der Waals surface area contributed by atoms with Gasteiger partial charge in [-0.3, -0.25) is 4.98 Å². The zero-order chi connectivity index (χ0) is 20.5. The van der Waals surface area contributed by atoms with Crippen molar-refractivity contribution < 1.29 is 5.11 Å². The third-order valence-corrected chi connectivity index (χ3v) is 5.01. The molecule has 1 aromatic carbocycles. The van der Waals surface area contributed by atoms with Crippen molar-refractivity contribution in [2.24, 2.45) is 0 Å². The lowest BCUT2D eigenvalue weighted by atomic mass is 10.0. The summed E-state index contributed by atoms with van der Waals surface area (Å²) in [4.78, 5) is 21.7. The Morgan fingerprint density at radius 3 is 2.50 bits per heavy atom. The van der Waals surface area contributed by atoms with E-state index in [-0.39, 0.29) is 6.61 Å². The summed E-state index contributed by atoms with van der Waals surface area (Å²) < 4.78 is 0. The van der Waals surface area contributed by atoms with Gasteiger partial charge >= 0.3 is 0 Å². The molecule has 0 saturated heterocycles. The number of aryl methyl sites for hydroxylation is 1. The normalized spacial score (nSPS) is 11.1. The lowest BCUT2D eigenvalue weighted by molar-refractivity contribution is 0.282. The van der Waals surface area contributed by atoms with E-state index < -0.39 is 0 Å². The number of pyridine rings is 2. The highest BCUT2D eigenvalue weighted by atomic mass is 16.3. The second-order valence-corrected chi connectivity index (χ2v) is 7.12. The van der Waals surface area contributed by atoms with Crippen LogP contribution in [0.15, 0.2) is 73.2 Å². The number of aromatic nitrogens is 5. The minimum absolute atomic E-state index is 0.0285. The fourth-order valence-electron chi connectivity index (χ4n) is 3.47. The van der Waals surface area contributed by atoms with Gasteiger partial charge in [-0.05, 0) is 42.3 Å². The third-order valence-electron chi connectivity index (χ3n) is 5.01. The smallest absolute Gasteiger partial charge is 0.180 e. The largest absolute Gasteiger partial charge is 0.392 e. The molecule has 4 heterocycles. The topological polar surface area (TPSA) is 87.6 Å². The molecular weight excluding hydrogens is 374 g/mol. The Kier molecular flexibility index (Phi) is 4.53. The molecule has 0 fully saturated rings. The molecular formula is C24H19N5O. The fourth-order valence-corrected chi connectivity index (χ4v) is 3.47. The molecule has 0 atom stereocenters. The maximum absolute atomic E-state index is 9.27. The van der Waals surface area contributed by atoms with Crippen LogP contribution in [0.2, 0.25) is 0 Å². The van der Waals surface area contributed by atoms with Gasteiger partial charge in [0.1, 0.15) is 11.3 Å². The number of nitrogens with zero attached hydrogens (tertiary/aromatic N) is 4. The third kappa shape index (κ3) is 3.33. The molecule has 5 rings (SSSR count). The van der Waals surface area contributed by atoms with E-state index in [2.05, 4.69) is 26.0 Å². The van der Waals surface area contributed by atoms with Crippen LogP contribution in [0.1, 0.15) is 11.3 Å². The van der Waals surface area contributed by atoms with Crippen LogP contribution in [0.5, 0.6) is 0 Å². The first-order valence-corrected chi connectivity index (χ1v) is 9.66. The number of hydrogen-bond acceptors (Lipinski definition) is 5. The zero-order valence-corrected chi connectivity index (χ0v) is 16.4. The number of aromatic amines is 1. The molecule has 0 spiro atoms. The molecule has 2 N–H and O–H groups in total. The second kappa shape index (κ2) is 7.50. The van der Waals surface area contributed by atoms with Crippen LogP contribution >= 0.6 is 0 Å². The molecule has 4 aromatic heterocycles. The minimum atomic E-state index is 0.0285. The lowest BCUT2D eigenvalue weighted by Crippen LogP contribution is -1.97. The van der Waals surface area contributed by atoms with Crippen LogP contribution in [-0.4, -0.2) is 30.0 Å². The first-order valence-electron chi connectivity index (χ1n) is 9.66. The van der Waals surface area contributed by atoms with Crippen LogP contribution in [0.25, 0.3) is 44.9 Å². The van der Waals surface area contributed by atoms with Crippen molar-refractivity contribution in [3.63, 3.8) is 0 Å². The molecule has 0 saturated carbocycles. The summed E-state index contributed by atoms with van der Waals surface area (Å²) >= 11 is 0. The number of aliphatic hydroxyl groups excluding tert-OH is 1. The quantitative estimate of drug-likeness (QED) is 0.468. The van der Waals surface area contributed by atoms with Gasteiger partial charge in [-0.15, -0.1) is 0 Å². The Balaban J connectivity index is 1.65. The number of fused-ring (bicyclic) bond motifs is 1. The van der Waals surface area contributed by atoms with Crippen molar-refractivity contribution in [1.82, 2.24) is 24.9 Å². The lowest BCUT2D eigenvalue weighted by Gasteiger charge is -2.09. The minimum Gasteiger partial charge on any atom is -0.392 e. The highest BCUT2D eigenvalue weighted by Crippen LogP contribution is 2.30. The summed E-state index contributed by atoms with van der Waals surface area (Å²) in [5.41, 5.74) is 7.01. The van der Waals surface area contributed by atoms with Crippen molar-refractivity contribution in [2.45, 2.75) is 13.5 Å². The molecule has 0 bridgehead atoms. The Hall–Kier alpha value is -3.90. The van der Waals surface area contributed by atoms with E-state index >= 15 is 0 Å². The average Bonchev–Trinajstić information content (AvgIpc) is 3.27. The predicted octanol–water partition coefficient (Wildman–Crippen LogP) is 4.55. The summed E-state index contributed by atoms with van der Waals surface area (Å²) in [5.74, 6) is 0.571. The van der Waals surface area contributed by atoms with Crippen molar-refractivity contribution in [3.05, 3.63) is 84.4 Å². The summed E-state index contributed by atoms with van der Waals surface area (Å²) in [6.45, 7) is 1.98. The molecule has 6 nitrogen and oxygen atoms in total. The summed E-state index contributed by atoms with van der Waals surface area (Å²) in [5, 5.41) is 10.2. The van der Waals surface area contributed by atoms with Gasteiger partial charge in [-0.25, -0.2) is 15.0 Å². The summed E-state index contributed by atoms with van der Waals surface area (Å²) in [6.07, 6.45) is 5.50. The Morgan fingerprint density at radius 1 is 0.867 bits per heavy atom. The van der Waals surface area contributed by atoms with Crippen LogP contribution in [-0.2, 0) is 6.61 Å². The van der Waals surface area contributed by atoms with Crippen LogP contribution < -0.4 is 0 Å².